The predicted molar refractivity (Wildman–Crippen MR) is 78.5 cm³/mol. The molecule has 3 atom stereocenters. The summed E-state index contributed by atoms with van der Waals surface area (Å²) in [7, 11) is 0. The predicted octanol–water partition coefficient (Wildman–Crippen LogP) is 2.34. The molecule has 0 bridgehead atoms. The number of rotatable bonds is 1. The minimum Gasteiger partial charge on any atom is -0.393 e. The molecule has 3 unspecified atom stereocenters. The lowest BCUT2D eigenvalue weighted by Gasteiger charge is -2.37. The van der Waals surface area contributed by atoms with Crippen LogP contribution in [-0.2, 0) is 11.2 Å². The molecule has 3 rings (SSSR count). The smallest absolute Gasteiger partial charge is 0.230 e. The minimum atomic E-state index is -0.252. The molecule has 1 amide bonds. The van der Waals surface area contributed by atoms with Gasteiger partial charge >= 0.3 is 0 Å². The second kappa shape index (κ2) is 5.57. The van der Waals surface area contributed by atoms with Gasteiger partial charge in [0.25, 0.3) is 0 Å². The second-order valence-electron chi connectivity index (χ2n) is 6.26. The third kappa shape index (κ3) is 2.47. The van der Waals surface area contributed by atoms with Gasteiger partial charge in [0.1, 0.15) is 0 Å². The normalized spacial score (nSPS) is 29.9. The standard InChI is InChI=1S/C17H23NO2/c1-12-11-18(10-9-16(12)19)17(20)15-8-4-6-13-5-2-3-7-14(13)15/h2-3,5,7,12,15-16,19H,4,6,8-11H2,1H3. The maximum atomic E-state index is 12.8. The molecule has 1 heterocycles. The summed E-state index contributed by atoms with van der Waals surface area (Å²) in [5.41, 5.74) is 2.56. The summed E-state index contributed by atoms with van der Waals surface area (Å²) in [5, 5.41) is 9.81. The van der Waals surface area contributed by atoms with Crippen LogP contribution in [-0.4, -0.2) is 35.1 Å². The molecule has 1 fully saturated rings. The number of nitrogens with zero attached hydrogens (tertiary/aromatic N) is 1. The van der Waals surface area contributed by atoms with E-state index in [1.807, 2.05) is 17.9 Å². The highest BCUT2D eigenvalue weighted by Crippen LogP contribution is 2.33. The fourth-order valence-corrected chi connectivity index (χ4v) is 3.56. The lowest BCUT2D eigenvalue weighted by atomic mass is 9.81. The van der Waals surface area contributed by atoms with Gasteiger partial charge in [0.05, 0.1) is 12.0 Å². The van der Waals surface area contributed by atoms with Crippen molar-refractivity contribution in [1.82, 2.24) is 4.90 Å². The van der Waals surface area contributed by atoms with Gasteiger partial charge in [-0.15, -0.1) is 0 Å². The molecule has 20 heavy (non-hydrogen) atoms. The van der Waals surface area contributed by atoms with Crippen LogP contribution in [0, 0.1) is 5.92 Å². The third-order valence-electron chi connectivity index (χ3n) is 4.84. The Bertz CT molecular complexity index is 500. The highest BCUT2D eigenvalue weighted by atomic mass is 16.3. The van der Waals surface area contributed by atoms with Gasteiger partial charge in [0.15, 0.2) is 0 Å². The Balaban J connectivity index is 1.78. The lowest BCUT2D eigenvalue weighted by Crippen LogP contribution is -2.47. The molecular weight excluding hydrogens is 250 g/mol. The number of amides is 1. The van der Waals surface area contributed by atoms with E-state index in [0.29, 0.717) is 19.5 Å². The number of aliphatic hydroxyl groups excluding tert-OH is 1. The molecule has 0 aromatic heterocycles. The Morgan fingerprint density at radius 2 is 2.10 bits per heavy atom. The molecule has 1 aromatic rings. The van der Waals surface area contributed by atoms with Gasteiger partial charge in [-0.05, 0) is 42.7 Å². The molecular formula is C17H23NO2. The zero-order valence-corrected chi connectivity index (χ0v) is 12.1. The summed E-state index contributed by atoms with van der Waals surface area (Å²) >= 11 is 0. The van der Waals surface area contributed by atoms with Crippen LogP contribution in [0.25, 0.3) is 0 Å². The first kappa shape index (κ1) is 13.6. The maximum Gasteiger partial charge on any atom is 0.230 e. The van der Waals surface area contributed by atoms with Crippen molar-refractivity contribution >= 4 is 5.91 Å². The van der Waals surface area contributed by atoms with Crippen molar-refractivity contribution in [2.24, 2.45) is 5.92 Å². The van der Waals surface area contributed by atoms with E-state index >= 15 is 0 Å². The number of carbonyl (C=O) groups excluding carboxylic acids is 1. The lowest BCUT2D eigenvalue weighted by molar-refractivity contribution is -0.136. The molecule has 1 saturated heterocycles. The first-order valence-corrected chi connectivity index (χ1v) is 7.71. The largest absolute Gasteiger partial charge is 0.393 e. The van der Waals surface area contributed by atoms with Crippen molar-refractivity contribution < 1.29 is 9.90 Å². The second-order valence-corrected chi connectivity index (χ2v) is 6.26. The number of hydrogen-bond donors (Lipinski definition) is 1. The number of hydrogen-bond acceptors (Lipinski definition) is 2. The van der Waals surface area contributed by atoms with Crippen LogP contribution < -0.4 is 0 Å². The van der Waals surface area contributed by atoms with Crippen LogP contribution in [0.1, 0.15) is 43.2 Å². The summed E-state index contributed by atoms with van der Waals surface area (Å²) in [6, 6.07) is 8.36. The van der Waals surface area contributed by atoms with Crippen molar-refractivity contribution in [1.29, 1.82) is 0 Å². The molecule has 0 spiro atoms. The van der Waals surface area contributed by atoms with Gasteiger partial charge in [0, 0.05) is 13.1 Å². The molecule has 3 heteroatoms. The Hall–Kier alpha value is -1.35. The quantitative estimate of drug-likeness (QED) is 0.853. The number of aryl methyl sites for hydroxylation is 1. The SMILES string of the molecule is CC1CN(C(=O)C2CCCc3ccccc32)CCC1O. The van der Waals surface area contributed by atoms with E-state index in [1.165, 1.54) is 11.1 Å². The van der Waals surface area contributed by atoms with E-state index in [9.17, 15) is 9.90 Å². The molecule has 0 saturated carbocycles. The average molecular weight is 273 g/mol. The van der Waals surface area contributed by atoms with Crippen molar-refractivity contribution in [3.63, 3.8) is 0 Å². The van der Waals surface area contributed by atoms with Crippen LogP contribution in [0.15, 0.2) is 24.3 Å². The number of fused-ring (bicyclic) bond motifs is 1. The fraction of sp³-hybridized carbons (Fsp3) is 0.588. The van der Waals surface area contributed by atoms with Gasteiger partial charge in [-0.2, -0.15) is 0 Å². The van der Waals surface area contributed by atoms with Crippen molar-refractivity contribution in [2.45, 2.75) is 44.6 Å². The molecule has 3 nitrogen and oxygen atoms in total. The number of piperidine rings is 1. The monoisotopic (exact) mass is 273 g/mol. The highest BCUT2D eigenvalue weighted by Gasteiger charge is 2.33. The topological polar surface area (TPSA) is 40.5 Å². The van der Waals surface area contributed by atoms with Crippen LogP contribution in [0.5, 0.6) is 0 Å². The molecule has 2 aliphatic rings. The Kier molecular flexibility index (Phi) is 3.79. The summed E-state index contributed by atoms with van der Waals surface area (Å²) in [4.78, 5) is 14.8. The van der Waals surface area contributed by atoms with Gasteiger partial charge in [0.2, 0.25) is 5.91 Å². The number of carbonyl (C=O) groups is 1. The molecule has 1 aromatic carbocycles. The Morgan fingerprint density at radius 3 is 2.90 bits per heavy atom. The summed E-state index contributed by atoms with van der Waals surface area (Å²) in [6.45, 7) is 3.42. The highest BCUT2D eigenvalue weighted by molar-refractivity contribution is 5.84. The van der Waals surface area contributed by atoms with Gasteiger partial charge in [-0.1, -0.05) is 31.2 Å². The van der Waals surface area contributed by atoms with Gasteiger partial charge in [-0.25, -0.2) is 0 Å². The van der Waals surface area contributed by atoms with E-state index in [4.69, 9.17) is 0 Å². The van der Waals surface area contributed by atoms with Gasteiger partial charge < -0.3 is 10.0 Å². The number of benzene rings is 1. The average Bonchev–Trinajstić information content (AvgIpc) is 2.49. The number of likely N-dealkylation sites (tertiary alicyclic amines) is 1. The summed E-state index contributed by atoms with van der Waals surface area (Å²) < 4.78 is 0. The first-order valence-electron chi connectivity index (χ1n) is 7.71. The zero-order chi connectivity index (χ0) is 14.1. The van der Waals surface area contributed by atoms with Gasteiger partial charge in [-0.3, -0.25) is 4.79 Å². The van der Waals surface area contributed by atoms with E-state index in [0.717, 1.165) is 19.3 Å². The zero-order valence-electron chi connectivity index (χ0n) is 12.1. The summed E-state index contributed by atoms with van der Waals surface area (Å²) in [6.07, 6.45) is 3.61. The fourth-order valence-electron chi connectivity index (χ4n) is 3.56. The maximum absolute atomic E-state index is 12.8. The first-order chi connectivity index (χ1) is 9.66. The number of aliphatic hydroxyl groups is 1. The molecule has 1 aliphatic carbocycles. The van der Waals surface area contributed by atoms with Crippen molar-refractivity contribution in [2.75, 3.05) is 13.1 Å². The Labute approximate surface area is 120 Å². The molecule has 1 N–H and O–H groups in total. The summed E-state index contributed by atoms with van der Waals surface area (Å²) in [5.74, 6) is 0.477. The Morgan fingerprint density at radius 1 is 1.30 bits per heavy atom. The third-order valence-corrected chi connectivity index (χ3v) is 4.84. The van der Waals surface area contributed by atoms with Crippen molar-refractivity contribution in [3.8, 4) is 0 Å². The van der Waals surface area contributed by atoms with E-state index in [1.54, 1.807) is 0 Å². The molecule has 0 radical (unpaired) electrons. The molecule has 108 valence electrons. The van der Waals surface area contributed by atoms with E-state index in [2.05, 4.69) is 18.2 Å². The van der Waals surface area contributed by atoms with Crippen molar-refractivity contribution in [3.05, 3.63) is 35.4 Å². The minimum absolute atomic E-state index is 0.0300. The van der Waals surface area contributed by atoms with Crippen LogP contribution >= 0.6 is 0 Å². The van der Waals surface area contributed by atoms with E-state index in [-0.39, 0.29) is 23.8 Å². The van der Waals surface area contributed by atoms with E-state index < -0.39 is 0 Å². The van der Waals surface area contributed by atoms with Crippen LogP contribution in [0.2, 0.25) is 0 Å². The van der Waals surface area contributed by atoms with Crippen LogP contribution in [0.4, 0.5) is 0 Å². The van der Waals surface area contributed by atoms with Crippen LogP contribution in [0.3, 0.4) is 0 Å². The molecule has 1 aliphatic heterocycles.